The van der Waals surface area contributed by atoms with Gasteiger partial charge in [-0.2, -0.15) is 0 Å². The first-order chi connectivity index (χ1) is 21.4. The predicted molar refractivity (Wildman–Crippen MR) is 198 cm³/mol. The second kappa shape index (κ2) is 22.8. The highest BCUT2D eigenvalue weighted by atomic mass is 16.1. The van der Waals surface area contributed by atoms with Gasteiger partial charge in [-0.15, -0.1) is 0 Å². The molecule has 44 heavy (non-hydrogen) atoms. The molecule has 0 saturated heterocycles. The van der Waals surface area contributed by atoms with Crippen LogP contribution in [0.2, 0.25) is 0 Å². The van der Waals surface area contributed by atoms with Crippen molar-refractivity contribution < 1.29 is 4.79 Å². The zero-order valence-corrected chi connectivity index (χ0v) is 28.5. The van der Waals surface area contributed by atoms with Crippen molar-refractivity contribution in [3.8, 4) is 11.3 Å². The van der Waals surface area contributed by atoms with Crippen LogP contribution in [0, 0.1) is 13.8 Å². The minimum atomic E-state index is 0.665. The fourth-order valence-electron chi connectivity index (χ4n) is 4.07. The van der Waals surface area contributed by atoms with E-state index in [1.54, 1.807) is 6.20 Å². The van der Waals surface area contributed by atoms with Gasteiger partial charge in [-0.1, -0.05) is 121 Å². The van der Waals surface area contributed by atoms with Crippen molar-refractivity contribution in [2.75, 3.05) is 11.1 Å². The maximum atomic E-state index is 10.6. The average Bonchev–Trinajstić information content (AvgIpc) is 3.07. The Hall–Kier alpha value is -4.70. The first-order valence-corrected chi connectivity index (χ1v) is 15.6. The zero-order chi connectivity index (χ0) is 33.5. The maximum absolute atomic E-state index is 10.6. The number of anilines is 2. The molecule has 234 valence electrons. The molecular formula is C40H53N3O. The third kappa shape index (κ3) is 12.3. The van der Waals surface area contributed by atoms with Gasteiger partial charge in [0.2, 0.25) is 0 Å². The van der Waals surface area contributed by atoms with Crippen LogP contribution in [0.15, 0.2) is 97.7 Å². The number of hydrogen-bond acceptors (Lipinski definition) is 4. The molecule has 4 aromatic rings. The van der Waals surface area contributed by atoms with Gasteiger partial charge in [0.15, 0.2) is 6.29 Å². The molecule has 0 atom stereocenters. The van der Waals surface area contributed by atoms with Gasteiger partial charge in [0.25, 0.3) is 0 Å². The van der Waals surface area contributed by atoms with E-state index in [1.807, 2.05) is 135 Å². The van der Waals surface area contributed by atoms with Gasteiger partial charge in [0.1, 0.15) is 0 Å². The van der Waals surface area contributed by atoms with Crippen LogP contribution in [0.3, 0.4) is 0 Å². The molecule has 3 N–H and O–H groups in total. The number of aldehydes is 1. The normalized spacial score (nSPS) is 9.68. The van der Waals surface area contributed by atoms with Crippen LogP contribution in [-0.2, 0) is 0 Å². The van der Waals surface area contributed by atoms with Crippen molar-refractivity contribution in [1.82, 2.24) is 4.98 Å². The quantitative estimate of drug-likeness (QED) is 0.210. The number of hydrogen-bond donors (Lipinski definition) is 2. The highest BCUT2D eigenvalue weighted by Gasteiger charge is 2.07. The molecule has 0 bridgehead atoms. The maximum Gasteiger partial charge on any atom is 0.150 e. The minimum Gasteiger partial charge on any atom is -0.397 e. The van der Waals surface area contributed by atoms with Crippen LogP contribution < -0.4 is 11.1 Å². The van der Waals surface area contributed by atoms with E-state index in [0.717, 1.165) is 51.2 Å². The van der Waals surface area contributed by atoms with Gasteiger partial charge in [-0.05, 0) is 74.2 Å². The van der Waals surface area contributed by atoms with E-state index in [4.69, 9.17) is 5.73 Å². The predicted octanol–water partition coefficient (Wildman–Crippen LogP) is 11.7. The topological polar surface area (TPSA) is 68.0 Å². The molecule has 0 unspecified atom stereocenters. The lowest BCUT2D eigenvalue weighted by Gasteiger charge is -2.14. The molecule has 1 heterocycles. The Morgan fingerprint density at radius 3 is 1.82 bits per heavy atom. The number of aromatic nitrogens is 1. The van der Waals surface area contributed by atoms with E-state index >= 15 is 0 Å². The lowest BCUT2D eigenvalue weighted by molar-refractivity contribution is 0.112. The number of carbonyl (C=O) groups is 1. The summed E-state index contributed by atoms with van der Waals surface area (Å²) in [6.45, 7) is 24.3. The van der Waals surface area contributed by atoms with Crippen molar-refractivity contribution in [2.24, 2.45) is 0 Å². The van der Waals surface area contributed by atoms with E-state index in [-0.39, 0.29) is 0 Å². The van der Waals surface area contributed by atoms with Gasteiger partial charge in [-0.25, -0.2) is 0 Å². The number of pyridine rings is 1. The molecule has 0 radical (unpaired) electrons. The van der Waals surface area contributed by atoms with Crippen LogP contribution in [0.1, 0.15) is 93.6 Å². The number of benzene rings is 3. The summed E-state index contributed by atoms with van der Waals surface area (Å²) in [6.07, 6.45) is 10.6. The summed E-state index contributed by atoms with van der Waals surface area (Å²) in [7, 11) is 0. The summed E-state index contributed by atoms with van der Waals surface area (Å²) in [5.74, 6) is 0. The number of nitrogens with two attached hydrogens (primary N) is 1. The molecule has 4 rings (SSSR count). The molecule has 0 aliphatic heterocycles. The summed E-state index contributed by atoms with van der Waals surface area (Å²) in [5, 5.41) is 3.40. The number of aryl methyl sites for hydroxylation is 2. The Morgan fingerprint density at radius 1 is 0.750 bits per heavy atom. The highest BCUT2D eigenvalue weighted by Crippen LogP contribution is 2.26. The zero-order valence-electron chi connectivity index (χ0n) is 28.5. The molecule has 1 aromatic heterocycles. The average molecular weight is 592 g/mol. The van der Waals surface area contributed by atoms with Gasteiger partial charge >= 0.3 is 0 Å². The summed E-state index contributed by atoms with van der Waals surface area (Å²) in [4.78, 5) is 15.0. The molecule has 3 aromatic carbocycles. The van der Waals surface area contributed by atoms with Crippen molar-refractivity contribution in [3.05, 3.63) is 131 Å². The standard InChI is InChI=1S/C23H23N3.C11H12O.3C2H6/c1-4-6-21-16(2)7-5-8-22(21)17(3)26-20-12-9-18(10-13-20)23-14-11-19(24)15-25-23;1-3-5-11-9(2)6-4-7-10(11)8-12;3*1-2/h4-15,26H,3,24H2,1-2H3;3-8H,1-2H3;3*1-2H3/b6-4-;5-3-;;;. The Bertz CT molecular complexity index is 1450. The molecule has 0 aliphatic carbocycles. The number of carbonyl (C=O) groups excluding carboxylic acids is 1. The molecule has 4 nitrogen and oxygen atoms in total. The highest BCUT2D eigenvalue weighted by molar-refractivity contribution is 5.83. The molecule has 4 heteroatoms. The Balaban J connectivity index is 0.000000861. The van der Waals surface area contributed by atoms with Crippen LogP contribution in [0.25, 0.3) is 29.1 Å². The molecule has 0 spiro atoms. The molecule has 0 aliphatic rings. The van der Waals surface area contributed by atoms with Gasteiger partial charge in [0.05, 0.1) is 17.6 Å². The molecule has 0 saturated carbocycles. The number of allylic oxidation sites excluding steroid dienone is 2. The van der Waals surface area contributed by atoms with Crippen LogP contribution in [0.4, 0.5) is 11.4 Å². The van der Waals surface area contributed by atoms with E-state index < -0.39 is 0 Å². The third-order valence-corrected chi connectivity index (χ3v) is 6.06. The van der Waals surface area contributed by atoms with E-state index in [0.29, 0.717) is 5.69 Å². The van der Waals surface area contributed by atoms with Crippen LogP contribution in [-0.4, -0.2) is 11.3 Å². The lowest BCUT2D eigenvalue weighted by atomic mass is 9.99. The number of nitrogens with one attached hydrogen (secondary N) is 1. The fourth-order valence-corrected chi connectivity index (χ4v) is 4.07. The first kappa shape index (κ1) is 39.3. The van der Waals surface area contributed by atoms with Crippen molar-refractivity contribution in [3.63, 3.8) is 0 Å². The Morgan fingerprint density at radius 2 is 1.30 bits per heavy atom. The van der Waals surface area contributed by atoms with E-state index in [1.165, 1.54) is 11.1 Å². The number of nitrogen functional groups attached to an aromatic ring is 1. The van der Waals surface area contributed by atoms with Gasteiger partial charge in [0, 0.05) is 28.1 Å². The minimum absolute atomic E-state index is 0.665. The summed E-state index contributed by atoms with van der Waals surface area (Å²) >= 11 is 0. The van der Waals surface area contributed by atoms with E-state index in [2.05, 4.69) is 48.1 Å². The monoisotopic (exact) mass is 591 g/mol. The largest absolute Gasteiger partial charge is 0.397 e. The molecule has 0 amide bonds. The van der Waals surface area contributed by atoms with Crippen molar-refractivity contribution >= 4 is 35.5 Å². The van der Waals surface area contributed by atoms with E-state index in [9.17, 15) is 4.79 Å². The SMILES string of the molecule is C/C=C\c1c(C)cccc1C=O.C=C(Nc1ccc(-c2ccc(N)cn2)cc1)c1cccc(C)c1/C=C\C.CC.CC.CC. The van der Waals surface area contributed by atoms with Crippen molar-refractivity contribution in [2.45, 2.75) is 69.2 Å². The Labute approximate surface area is 267 Å². The van der Waals surface area contributed by atoms with Gasteiger partial charge < -0.3 is 11.1 Å². The second-order valence-electron chi connectivity index (χ2n) is 8.89. The van der Waals surface area contributed by atoms with Gasteiger partial charge in [-0.3, -0.25) is 9.78 Å². The molecule has 0 fully saturated rings. The third-order valence-electron chi connectivity index (χ3n) is 6.06. The molecular weight excluding hydrogens is 538 g/mol. The number of nitrogens with zero attached hydrogens (tertiary/aromatic N) is 1. The number of rotatable bonds is 7. The van der Waals surface area contributed by atoms with Crippen molar-refractivity contribution in [1.29, 1.82) is 0 Å². The lowest BCUT2D eigenvalue weighted by Crippen LogP contribution is -2.00. The summed E-state index contributed by atoms with van der Waals surface area (Å²) < 4.78 is 0. The second-order valence-corrected chi connectivity index (χ2v) is 8.89. The van der Waals surface area contributed by atoms with Crippen LogP contribution >= 0.6 is 0 Å². The fraction of sp³-hybridized carbons (Fsp3) is 0.250. The summed E-state index contributed by atoms with van der Waals surface area (Å²) in [6, 6.07) is 23.9. The van der Waals surface area contributed by atoms with Crippen LogP contribution in [0.5, 0.6) is 0 Å². The summed E-state index contributed by atoms with van der Waals surface area (Å²) in [5.41, 5.74) is 16.6. The Kier molecular flexibility index (Phi) is 20.4. The first-order valence-electron chi connectivity index (χ1n) is 15.6. The smallest absolute Gasteiger partial charge is 0.150 e.